The first-order valence-corrected chi connectivity index (χ1v) is 7.18. The van der Waals surface area contributed by atoms with Crippen LogP contribution in [0.15, 0.2) is 0 Å². The topological polar surface area (TPSA) is 77.9 Å². The van der Waals surface area contributed by atoms with E-state index in [1.54, 1.807) is 11.9 Å². The molecule has 2 aliphatic heterocycles. The SMILES string of the molecule is CN1CC(C(=O)N2CCC3(CC2)CC3C(=O)O)CC1=O. The average molecular weight is 280 g/mol. The summed E-state index contributed by atoms with van der Waals surface area (Å²) in [4.78, 5) is 38.3. The highest BCUT2D eigenvalue weighted by atomic mass is 16.4. The summed E-state index contributed by atoms with van der Waals surface area (Å²) in [6.07, 6.45) is 2.64. The lowest BCUT2D eigenvalue weighted by atomic mass is 9.90. The summed E-state index contributed by atoms with van der Waals surface area (Å²) in [7, 11) is 1.72. The van der Waals surface area contributed by atoms with E-state index in [9.17, 15) is 14.4 Å². The van der Waals surface area contributed by atoms with Gasteiger partial charge in [0.05, 0.1) is 11.8 Å². The molecule has 3 fully saturated rings. The molecule has 20 heavy (non-hydrogen) atoms. The molecule has 6 heteroatoms. The van der Waals surface area contributed by atoms with E-state index < -0.39 is 5.97 Å². The second-order valence-corrected chi connectivity index (χ2v) is 6.46. The molecule has 2 unspecified atom stereocenters. The van der Waals surface area contributed by atoms with E-state index in [2.05, 4.69) is 0 Å². The number of aliphatic carboxylic acids is 1. The van der Waals surface area contributed by atoms with Crippen LogP contribution in [0.1, 0.15) is 25.7 Å². The minimum absolute atomic E-state index is 0.0324. The van der Waals surface area contributed by atoms with Crippen molar-refractivity contribution in [2.24, 2.45) is 17.3 Å². The first-order chi connectivity index (χ1) is 9.43. The van der Waals surface area contributed by atoms with Gasteiger partial charge in [-0.1, -0.05) is 0 Å². The molecule has 2 amide bonds. The van der Waals surface area contributed by atoms with Crippen LogP contribution in [0.25, 0.3) is 0 Å². The molecule has 0 bridgehead atoms. The summed E-state index contributed by atoms with van der Waals surface area (Å²) in [6.45, 7) is 1.78. The number of hydrogen-bond acceptors (Lipinski definition) is 3. The summed E-state index contributed by atoms with van der Waals surface area (Å²) in [5, 5.41) is 9.05. The van der Waals surface area contributed by atoms with Crippen molar-refractivity contribution in [3.8, 4) is 0 Å². The van der Waals surface area contributed by atoms with Crippen LogP contribution >= 0.6 is 0 Å². The fraction of sp³-hybridized carbons (Fsp3) is 0.786. The minimum Gasteiger partial charge on any atom is -0.481 e. The van der Waals surface area contributed by atoms with Crippen molar-refractivity contribution in [1.82, 2.24) is 9.80 Å². The van der Waals surface area contributed by atoms with Crippen molar-refractivity contribution in [3.05, 3.63) is 0 Å². The Hall–Kier alpha value is -1.59. The van der Waals surface area contributed by atoms with Crippen LogP contribution in [0, 0.1) is 17.3 Å². The molecule has 1 saturated carbocycles. The zero-order valence-corrected chi connectivity index (χ0v) is 11.7. The Labute approximate surface area is 117 Å². The molecule has 110 valence electrons. The number of carbonyl (C=O) groups is 3. The fourth-order valence-corrected chi connectivity index (χ4v) is 3.71. The van der Waals surface area contributed by atoms with E-state index in [1.165, 1.54) is 0 Å². The van der Waals surface area contributed by atoms with Crippen molar-refractivity contribution in [3.63, 3.8) is 0 Å². The number of nitrogens with zero attached hydrogens (tertiary/aromatic N) is 2. The lowest BCUT2D eigenvalue weighted by molar-refractivity contribution is -0.140. The third-order valence-electron chi connectivity index (χ3n) is 5.25. The van der Waals surface area contributed by atoms with Gasteiger partial charge in [0.2, 0.25) is 11.8 Å². The largest absolute Gasteiger partial charge is 0.481 e. The number of rotatable bonds is 2. The summed E-state index contributed by atoms with van der Waals surface area (Å²) in [5.74, 6) is -1.03. The lowest BCUT2D eigenvalue weighted by Gasteiger charge is -2.34. The zero-order chi connectivity index (χ0) is 14.5. The van der Waals surface area contributed by atoms with Crippen LogP contribution in [-0.2, 0) is 14.4 Å². The number of amides is 2. The highest BCUT2D eigenvalue weighted by Crippen LogP contribution is 2.59. The molecule has 3 rings (SSSR count). The standard InChI is InChI=1S/C14H20N2O4/c1-15-8-9(6-11(15)17)12(18)16-4-2-14(3-5-16)7-10(14)13(19)20/h9-10H,2-8H2,1H3,(H,19,20). The normalized spacial score (nSPS) is 31.8. The number of carboxylic acids is 1. The highest BCUT2D eigenvalue weighted by Gasteiger charge is 2.59. The maximum Gasteiger partial charge on any atom is 0.307 e. The molecule has 0 aromatic rings. The molecule has 6 nitrogen and oxygen atoms in total. The van der Waals surface area contributed by atoms with Crippen molar-refractivity contribution in [1.29, 1.82) is 0 Å². The molecule has 2 atom stereocenters. The van der Waals surface area contributed by atoms with E-state index in [0.717, 1.165) is 19.3 Å². The van der Waals surface area contributed by atoms with Gasteiger partial charge in [0, 0.05) is 33.1 Å². The first kappa shape index (κ1) is 13.4. The highest BCUT2D eigenvalue weighted by molar-refractivity contribution is 5.89. The third kappa shape index (κ3) is 2.07. The second kappa shape index (κ2) is 4.46. The Kier molecular flexibility index (Phi) is 2.99. The second-order valence-electron chi connectivity index (χ2n) is 6.46. The summed E-state index contributed by atoms with van der Waals surface area (Å²) in [5.41, 5.74) is -0.0507. The monoisotopic (exact) mass is 280 g/mol. The van der Waals surface area contributed by atoms with Crippen LogP contribution in [0.5, 0.6) is 0 Å². The van der Waals surface area contributed by atoms with Gasteiger partial charge in [0.15, 0.2) is 0 Å². The van der Waals surface area contributed by atoms with Gasteiger partial charge in [-0.15, -0.1) is 0 Å². The van der Waals surface area contributed by atoms with Gasteiger partial charge < -0.3 is 14.9 Å². The maximum atomic E-state index is 12.4. The third-order valence-corrected chi connectivity index (χ3v) is 5.25. The summed E-state index contributed by atoms with van der Waals surface area (Å²) in [6, 6.07) is 0. The van der Waals surface area contributed by atoms with E-state index in [4.69, 9.17) is 5.11 Å². The van der Waals surface area contributed by atoms with E-state index in [1.807, 2.05) is 4.90 Å². The van der Waals surface area contributed by atoms with Crippen LogP contribution in [0.3, 0.4) is 0 Å². The Morgan fingerprint density at radius 1 is 1.30 bits per heavy atom. The quantitative estimate of drug-likeness (QED) is 0.782. The number of carbonyl (C=O) groups excluding carboxylic acids is 2. The predicted octanol–water partition coefficient (Wildman–Crippen LogP) is 0.178. The molecule has 1 spiro atoms. The number of hydrogen-bond donors (Lipinski definition) is 1. The number of carboxylic acid groups (broad SMARTS) is 1. The van der Waals surface area contributed by atoms with Crippen LogP contribution in [-0.4, -0.2) is 59.4 Å². The minimum atomic E-state index is -0.701. The molecule has 2 heterocycles. The maximum absolute atomic E-state index is 12.4. The molecule has 0 aromatic heterocycles. The summed E-state index contributed by atoms with van der Waals surface area (Å²) < 4.78 is 0. The molecular formula is C14H20N2O4. The Balaban J connectivity index is 1.55. The van der Waals surface area contributed by atoms with E-state index in [-0.39, 0.29) is 29.1 Å². The fourth-order valence-electron chi connectivity index (χ4n) is 3.71. The summed E-state index contributed by atoms with van der Waals surface area (Å²) >= 11 is 0. The zero-order valence-electron chi connectivity index (χ0n) is 11.7. The predicted molar refractivity (Wildman–Crippen MR) is 69.7 cm³/mol. The Bertz CT molecular complexity index is 468. The van der Waals surface area contributed by atoms with Gasteiger partial charge in [-0.3, -0.25) is 14.4 Å². The molecule has 0 radical (unpaired) electrons. The van der Waals surface area contributed by atoms with Gasteiger partial charge >= 0.3 is 5.97 Å². The van der Waals surface area contributed by atoms with Crippen molar-refractivity contribution >= 4 is 17.8 Å². The van der Waals surface area contributed by atoms with Crippen molar-refractivity contribution in [2.75, 3.05) is 26.7 Å². The molecule has 1 N–H and O–H groups in total. The van der Waals surface area contributed by atoms with Gasteiger partial charge in [-0.2, -0.15) is 0 Å². The molecule has 1 aliphatic carbocycles. The molecule has 3 aliphatic rings. The number of likely N-dealkylation sites (tertiary alicyclic amines) is 2. The van der Waals surface area contributed by atoms with E-state index in [0.29, 0.717) is 26.1 Å². The molecule has 2 saturated heterocycles. The van der Waals surface area contributed by atoms with Crippen LogP contribution in [0.4, 0.5) is 0 Å². The average Bonchev–Trinajstić information content (AvgIpc) is 3.01. The van der Waals surface area contributed by atoms with Gasteiger partial charge in [0.25, 0.3) is 0 Å². The Morgan fingerprint density at radius 2 is 1.95 bits per heavy atom. The van der Waals surface area contributed by atoms with Gasteiger partial charge in [-0.05, 0) is 24.7 Å². The smallest absolute Gasteiger partial charge is 0.307 e. The van der Waals surface area contributed by atoms with E-state index >= 15 is 0 Å². The van der Waals surface area contributed by atoms with Gasteiger partial charge in [0.1, 0.15) is 0 Å². The Morgan fingerprint density at radius 3 is 2.40 bits per heavy atom. The number of piperidine rings is 1. The van der Waals surface area contributed by atoms with Gasteiger partial charge in [-0.25, -0.2) is 0 Å². The first-order valence-electron chi connectivity index (χ1n) is 7.18. The van der Waals surface area contributed by atoms with Crippen molar-refractivity contribution < 1.29 is 19.5 Å². The van der Waals surface area contributed by atoms with Crippen molar-refractivity contribution in [2.45, 2.75) is 25.7 Å². The molecule has 0 aromatic carbocycles. The van der Waals surface area contributed by atoms with Crippen LogP contribution < -0.4 is 0 Å². The molecular weight excluding hydrogens is 260 g/mol. The lowest BCUT2D eigenvalue weighted by Crippen LogP contribution is -2.43. The van der Waals surface area contributed by atoms with Crippen LogP contribution in [0.2, 0.25) is 0 Å².